The Labute approximate surface area is 121 Å². The Bertz CT molecular complexity index is 576. The Morgan fingerprint density at radius 2 is 1.80 bits per heavy atom. The molecular formula is C18H21NO. The van der Waals surface area contributed by atoms with Gasteiger partial charge < -0.3 is 9.64 Å². The minimum absolute atomic E-state index is 0.112. The quantitative estimate of drug-likeness (QED) is 0.824. The lowest BCUT2D eigenvalue weighted by atomic mass is 10.0. The maximum atomic E-state index is 6.25. The van der Waals surface area contributed by atoms with Crippen molar-refractivity contribution in [2.75, 3.05) is 20.1 Å². The van der Waals surface area contributed by atoms with E-state index in [1.807, 2.05) is 0 Å². The molecule has 1 atom stereocenters. The zero-order valence-electron chi connectivity index (χ0n) is 12.2. The molecule has 0 N–H and O–H groups in total. The highest BCUT2D eigenvalue weighted by Crippen LogP contribution is 2.28. The van der Waals surface area contributed by atoms with Crippen molar-refractivity contribution >= 4 is 0 Å². The molecule has 20 heavy (non-hydrogen) atoms. The van der Waals surface area contributed by atoms with E-state index in [0.717, 1.165) is 25.3 Å². The van der Waals surface area contributed by atoms with Crippen LogP contribution in [-0.4, -0.2) is 25.0 Å². The fourth-order valence-electron chi connectivity index (χ4n) is 2.74. The second-order valence-electron chi connectivity index (χ2n) is 5.63. The molecule has 1 unspecified atom stereocenters. The molecule has 1 aliphatic heterocycles. The van der Waals surface area contributed by atoms with E-state index in [2.05, 4.69) is 67.4 Å². The van der Waals surface area contributed by atoms with Crippen molar-refractivity contribution < 1.29 is 4.74 Å². The van der Waals surface area contributed by atoms with E-state index in [-0.39, 0.29) is 6.10 Å². The number of rotatable bonds is 2. The first-order valence-corrected chi connectivity index (χ1v) is 7.22. The van der Waals surface area contributed by atoms with Gasteiger partial charge >= 0.3 is 0 Å². The van der Waals surface area contributed by atoms with Crippen LogP contribution in [0.4, 0.5) is 0 Å². The third-order valence-corrected chi connectivity index (χ3v) is 3.94. The third kappa shape index (κ3) is 2.86. The Morgan fingerprint density at radius 1 is 1.05 bits per heavy atom. The number of aryl methyl sites for hydroxylation is 1. The lowest BCUT2D eigenvalue weighted by Crippen LogP contribution is -2.26. The summed E-state index contributed by atoms with van der Waals surface area (Å²) < 4.78 is 6.25. The summed E-state index contributed by atoms with van der Waals surface area (Å²) in [6, 6.07) is 17.0. The Morgan fingerprint density at radius 3 is 2.60 bits per heavy atom. The molecule has 1 aliphatic rings. The molecule has 2 nitrogen and oxygen atoms in total. The van der Waals surface area contributed by atoms with Gasteiger partial charge in [-0.2, -0.15) is 0 Å². The number of hydrogen-bond acceptors (Lipinski definition) is 2. The summed E-state index contributed by atoms with van der Waals surface area (Å²) >= 11 is 0. The lowest BCUT2D eigenvalue weighted by Gasteiger charge is -2.23. The number of fused-ring (bicyclic) bond motifs is 1. The van der Waals surface area contributed by atoms with Crippen LogP contribution >= 0.6 is 0 Å². The van der Waals surface area contributed by atoms with Crippen molar-refractivity contribution in [1.29, 1.82) is 0 Å². The van der Waals surface area contributed by atoms with Gasteiger partial charge in [-0.3, -0.25) is 0 Å². The smallest absolute Gasteiger partial charge is 0.137 e. The van der Waals surface area contributed by atoms with Crippen LogP contribution in [0.3, 0.4) is 0 Å². The van der Waals surface area contributed by atoms with E-state index in [9.17, 15) is 0 Å². The molecule has 1 heterocycles. The van der Waals surface area contributed by atoms with Crippen LogP contribution in [0.5, 0.6) is 5.75 Å². The van der Waals surface area contributed by atoms with Gasteiger partial charge in [0.15, 0.2) is 0 Å². The predicted molar refractivity (Wildman–Crippen MR) is 82.2 cm³/mol. The number of hydrogen-bond donors (Lipinski definition) is 0. The van der Waals surface area contributed by atoms with Crippen molar-refractivity contribution in [3.05, 3.63) is 65.2 Å². The van der Waals surface area contributed by atoms with Crippen LogP contribution in [0.1, 0.15) is 22.8 Å². The fourth-order valence-corrected chi connectivity index (χ4v) is 2.74. The van der Waals surface area contributed by atoms with Crippen molar-refractivity contribution in [2.24, 2.45) is 0 Å². The minimum atomic E-state index is 0.112. The summed E-state index contributed by atoms with van der Waals surface area (Å²) in [4.78, 5) is 2.35. The summed E-state index contributed by atoms with van der Waals surface area (Å²) in [5, 5.41) is 0. The van der Waals surface area contributed by atoms with Gasteiger partial charge in [0.25, 0.3) is 0 Å². The average molecular weight is 267 g/mol. The second-order valence-corrected chi connectivity index (χ2v) is 5.63. The lowest BCUT2D eigenvalue weighted by molar-refractivity contribution is 0.156. The molecule has 0 radical (unpaired) electrons. The topological polar surface area (TPSA) is 12.5 Å². The molecule has 2 heteroatoms. The summed E-state index contributed by atoms with van der Waals surface area (Å²) in [6.07, 6.45) is 1.21. The van der Waals surface area contributed by atoms with Crippen molar-refractivity contribution in [3.63, 3.8) is 0 Å². The summed E-state index contributed by atoms with van der Waals surface area (Å²) in [5.41, 5.74) is 4.00. The maximum Gasteiger partial charge on any atom is 0.137 e. The largest absolute Gasteiger partial charge is 0.484 e. The highest BCUT2D eigenvalue weighted by molar-refractivity contribution is 5.33. The molecular weight excluding hydrogens is 246 g/mol. The second kappa shape index (κ2) is 5.68. The van der Waals surface area contributed by atoms with Crippen molar-refractivity contribution in [2.45, 2.75) is 19.4 Å². The zero-order valence-corrected chi connectivity index (χ0v) is 12.2. The van der Waals surface area contributed by atoms with E-state index in [4.69, 9.17) is 4.74 Å². The molecule has 104 valence electrons. The molecule has 0 bridgehead atoms. The number of benzene rings is 2. The first-order valence-electron chi connectivity index (χ1n) is 7.22. The fraction of sp³-hybridized carbons (Fsp3) is 0.333. The van der Waals surface area contributed by atoms with E-state index in [1.54, 1.807) is 0 Å². The van der Waals surface area contributed by atoms with Crippen LogP contribution in [0.25, 0.3) is 0 Å². The third-order valence-electron chi connectivity index (χ3n) is 3.94. The number of likely N-dealkylation sites (N-methyl/N-ethyl adjacent to an activating group) is 1. The Hall–Kier alpha value is -1.80. The SMILES string of the molecule is Cc1ccc(OC2CN(C)CCc3ccccc32)cc1. The highest BCUT2D eigenvalue weighted by Gasteiger charge is 2.22. The van der Waals surface area contributed by atoms with Crippen molar-refractivity contribution in [1.82, 2.24) is 4.90 Å². The van der Waals surface area contributed by atoms with E-state index in [0.29, 0.717) is 0 Å². The molecule has 0 spiro atoms. The van der Waals surface area contributed by atoms with Crippen LogP contribution in [0.15, 0.2) is 48.5 Å². The molecule has 0 saturated carbocycles. The zero-order chi connectivity index (χ0) is 13.9. The molecule has 3 rings (SSSR count). The number of ether oxygens (including phenoxy) is 1. The minimum Gasteiger partial charge on any atom is -0.484 e. The van der Waals surface area contributed by atoms with Gasteiger partial charge in [-0.05, 0) is 43.7 Å². The Balaban J connectivity index is 1.88. The Kier molecular flexibility index (Phi) is 3.75. The van der Waals surface area contributed by atoms with Gasteiger partial charge in [0, 0.05) is 13.1 Å². The van der Waals surface area contributed by atoms with Crippen LogP contribution in [0.2, 0.25) is 0 Å². The normalized spacial score (nSPS) is 19.2. The first kappa shape index (κ1) is 13.2. The van der Waals surface area contributed by atoms with Gasteiger partial charge in [0.05, 0.1) is 0 Å². The van der Waals surface area contributed by atoms with Crippen LogP contribution < -0.4 is 4.74 Å². The van der Waals surface area contributed by atoms with Gasteiger partial charge in [-0.1, -0.05) is 42.0 Å². The van der Waals surface area contributed by atoms with Gasteiger partial charge in [-0.15, -0.1) is 0 Å². The summed E-state index contributed by atoms with van der Waals surface area (Å²) in [6.45, 7) is 4.12. The van der Waals surface area contributed by atoms with E-state index in [1.165, 1.54) is 16.7 Å². The van der Waals surface area contributed by atoms with Gasteiger partial charge in [-0.25, -0.2) is 0 Å². The molecule has 2 aromatic carbocycles. The number of nitrogens with zero attached hydrogens (tertiary/aromatic N) is 1. The maximum absolute atomic E-state index is 6.25. The highest BCUT2D eigenvalue weighted by atomic mass is 16.5. The molecule has 0 fully saturated rings. The molecule has 0 amide bonds. The standard InChI is InChI=1S/C18H21NO/c1-14-7-9-16(10-8-14)20-18-13-19(2)12-11-15-5-3-4-6-17(15)18/h3-10,18H,11-13H2,1-2H3. The molecule has 0 aromatic heterocycles. The molecule has 2 aromatic rings. The van der Waals surface area contributed by atoms with Crippen LogP contribution in [-0.2, 0) is 6.42 Å². The predicted octanol–water partition coefficient (Wildman–Crippen LogP) is 3.60. The van der Waals surface area contributed by atoms with Gasteiger partial charge in [0.1, 0.15) is 11.9 Å². The van der Waals surface area contributed by atoms with Crippen molar-refractivity contribution in [3.8, 4) is 5.75 Å². The van der Waals surface area contributed by atoms with E-state index >= 15 is 0 Å². The summed E-state index contributed by atoms with van der Waals surface area (Å²) in [7, 11) is 2.16. The first-order chi connectivity index (χ1) is 9.72. The van der Waals surface area contributed by atoms with Crippen LogP contribution in [0, 0.1) is 6.92 Å². The van der Waals surface area contributed by atoms with Gasteiger partial charge in [0.2, 0.25) is 0 Å². The average Bonchev–Trinajstić information content (AvgIpc) is 2.62. The van der Waals surface area contributed by atoms with E-state index < -0.39 is 0 Å². The monoisotopic (exact) mass is 267 g/mol. The molecule has 0 aliphatic carbocycles. The molecule has 0 saturated heterocycles. The summed E-state index contributed by atoms with van der Waals surface area (Å²) in [5.74, 6) is 0.950.